The molecule has 1 aliphatic carbocycles. The molecule has 5 heteroatoms. The van der Waals surface area contributed by atoms with Crippen LogP contribution in [-0.4, -0.2) is 17.1 Å². The monoisotopic (exact) mass is 286 g/mol. The van der Waals surface area contributed by atoms with Gasteiger partial charge < -0.3 is 20.2 Å². The van der Waals surface area contributed by atoms with Gasteiger partial charge in [0.05, 0.1) is 18.4 Å². The number of nitrogens with two attached hydrogens (primary N) is 1. The molecule has 0 bridgehead atoms. The Balaban J connectivity index is 1.97. The number of carbonyl (C=O) groups is 1. The van der Waals surface area contributed by atoms with Crippen molar-refractivity contribution in [3.05, 3.63) is 47.4 Å². The first-order chi connectivity index (χ1) is 10.1. The molecule has 1 heterocycles. The molecule has 2 aromatic rings. The van der Waals surface area contributed by atoms with E-state index in [1.165, 1.54) is 0 Å². The third-order valence-electron chi connectivity index (χ3n) is 3.83. The maximum absolute atomic E-state index is 11.3. The highest BCUT2D eigenvalue weighted by Crippen LogP contribution is 2.35. The number of aromatic carboxylic acids is 1. The van der Waals surface area contributed by atoms with Crippen LogP contribution in [0.5, 0.6) is 0 Å². The van der Waals surface area contributed by atoms with E-state index < -0.39 is 5.97 Å². The minimum absolute atomic E-state index is 0.162. The van der Waals surface area contributed by atoms with Gasteiger partial charge in [-0.15, -0.1) is 0 Å². The number of hydrogen-bond donors (Lipinski definition) is 2. The lowest BCUT2D eigenvalue weighted by atomic mass is 10.1. The number of furan rings is 1. The summed E-state index contributed by atoms with van der Waals surface area (Å²) in [5.41, 5.74) is 8.03. The molecule has 110 valence electrons. The van der Waals surface area contributed by atoms with Crippen LogP contribution in [0.4, 0.5) is 11.4 Å². The molecule has 3 rings (SSSR count). The highest BCUT2D eigenvalue weighted by molar-refractivity contribution is 5.95. The summed E-state index contributed by atoms with van der Waals surface area (Å²) in [5, 5.41) is 9.29. The van der Waals surface area contributed by atoms with Gasteiger partial charge in [-0.25, -0.2) is 4.79 Å². The third-order valence-corrected chi connectivity index (χ3v) is 3.83. The van der Waals surface area contributed by atoms with Crippen LogP contribution in [0, 0.1) is 6.92 Å². The van der Waals surface area contributed by atoms with E-state index in [9.17, 15) is 9.90 Å². The van der Waals surface area contributed by atoms with Gasteiger partial charge in [0, 0.05) is 17.4 Å². The van der Waals surface area contributed by atoms with Crippen LogP contribution in [0.15, 0.2) is 34.9 Å². The number of carboxylic acid groups (broad SMARTS) is 1. The lowest BCUT2D eigenvalue weighted by Gasteiger charge is -2.25. The summed E-state index contributed by atoms with van der Waals surface area (Å²) in [5.74, 6) is -0.126. The van der Waals surface area contributed by atoms with Gasteiger partial charge in [-0.1, -0.05) is 0 Å². The number of benzene rings is 1. The standard InChI is InChI=1S/C16H18N2O3/c1-10-7-12(8-14(15(10)17)16(19)20)18(11-4-5-11)9-13-3-2-6-21-13/h2-3,6-8,11H,4-5,9,17H2,1H3,(H,19,20). The van der Waals surface area contributed by atoms with Crippen molar-refractivity contribution in [2.45, 2.75) is 32.4 Å². The van der Waals surface area contributed by atoms with Gasteiger partial charge in [0.25, 0.3) is 0 Å². The number of nitrogens with zero attached hydrogens (tertiary/aromatic N) is 1. The summed E-state index contributed by atoms with van der Waals surface area (Å²) in [6, 6.07) is 7.84. The number of hydrogen-bond acceptors (Lipinski definition) is 4. The van der Waals surface area contributed by atoms with Crippen LogP contribution >= 0.6 is 0 Å². The third kappa shape index (κ3) is 2.72. The molecule has 0 atom stereocenters. The van der Waals surface area contributed by atoms with E-state index in [4.69, 9.17) is 10.2 Å². The first kappa shape index (κ1) is 13.5. The second-order valence-electron chi connectivity index (χ2n) is 5.47. The van der Waals surface area contributed by atoms with Gasteiger partial charge in [0.1, 0.15) is 5.76 Å². The van der Waals surface area contributed by atoms with E-state index in [0.29, 0.717) is 18.3 Å². The fourth-order valence-corrected chi connectivity index (χ4v) is 2.51. The van der Waals surface area contributed by atoms with Gasteiger partial charge in [-0.3, -0.25) is 0 Å². The molecule has 0 saturated heterocycles. The second-order valence-corrected chi connectivity index (χ2v) is 5.47. The summed E-state index contributed by atoms with van der Waals surface area (Å²) in [6.07, 6.45) is 3.89. The zero-order valence-electron chi connectivity index (χ0n) is 11.9. The average molecular weight is 286 g/mol. The molecule has 1 fully saturated rings. The summed E-state index contributed by atoms with van der Waals surface area (Å²) in [6.45, 7) is 2.48. The van der Waals surface area contributed by atoms with Gasteiger partial charge in [-0.05, 0) is 49.6 Å². The minimum Gasteiger partial charge on any atom is -0.478 e. The zero-order valence-corrected chi connectivity index (χ0v) is 11.9. The summed E-state index contributed by atoms with van der Waals surface area (Å²) in [4.78, 5) is 13.5. The molecule has 5 nitrogen and oxygen atoms in total. The normalized spacial score (nSPS) is 14.1. The molecule has 21 heavy (non-hydrogen) atoms. The van der Waals surface area contributed by atoms with Crippen molar-refractivity contribution in [2.24, 2.45) is 0 Å². The predicted molar refractivity (Wildman–Crippen MR) is 80.5 cm³/mol. The van der Waals surface area contributed by atoms with Crippen LogP contribution < -0.4 is 10.6 Å². The number of aryl methyl sites for hydroxylation is 1. The van der Waals surface area contributed by atoms with Crippen molar-refractivity contribution in [1.82, 2.24) is 0 Å². The van der Waals surface area contributed by atoms with Crippen LogP contribution in [0.25, 0.3) is 0 Å². The zero-order chi connectivity index (χ0) is 15.0. The molecular weight excluding hydrogens is 268 g/mol. The molecule has 0 aliphatic heterocycles. The Kier molecular flexibility index (Phi) is 3.33. The maximum Gasteiger partial charge on any atom is 0.337 e. The van der Waals surface area contributed by atoms with Gasteiger partial charge in [-0.2, -0.15) is 0 Å². The van der Waals surface area contributed by atoms with Gasteiger partial charge in [0.15, 0.2) is 0 Å². The lowest BCUT2D eigenvalue weighted by Crippen LogP contribution is -2.25. The Morgan fingerprint density at radius 3 is 2.81 bits per heavy atom. The van der Waals surface area contributed by atoms with E-state index in [1.54, 1.807) is 12.3 Å². The van der Waals surface area contributed by atoms with Crippen LogP contribution in [0.2, 0.25) is 0 Å². The second kappa shape index (κ2) is 5.16. The fourth-order valence-electron chi connectivity index (χ4n) is 2.51. The summed E-state index contributed by atoms with van der Waals surface area (Å²) >= 11 is 0. The van der Waals surface area contributed by atoms with E-state index >= 15 is 0 Å². The lowest BCUT2D eigenvalue weighted by molar-refractivity contribution is 0.0698. The number of anilines is 2. The van der Waals surface area contributed by atoms with E-state index in [0.717, 1.165) is 29.9 Å². The predicted octanol–water partition coefficient (Wildman–Crippen LogP) is 3.04. The smallest absolute Gasteiger partial charge is 0.337 e. The van der Waals surface area contributed by atoms with Crippen molar-refractivity contribution < 1.29 is 14.3 Å². The Bertz CT molecular complexity index is 660. The summed E-state index contributed by atoms with van der Waals surface area (Å²) < 4.78 is 5.41. The van der Waals surface area contributed by atoms with Crippen molar-refractivity contribution in [1.29, 1.82) is 0 Å². The number of carboxylic acids is 1. The Hall–Kier alpha value is -2.43. The Morgan fingerprint density at radius 2 is 2.24 bits per heavy atom. The first-order valence-corrected chi connectivity index (χ1v) is 6.98. The topological polar surface area (TPSA) is 79.7 Å². The summed E-state index contributed by atoms with van der Waals surface area (Å²) in [7, 11) is 0. The number of rotatable bonds is 5. The van der Waals surface area contributed by atoms with E-state index in [2.05, 4.69) is 4.90 Å². The SMILES string of the molecule is Cc1cc(N(Cc2ccco2)C2CC2)cc(C(=O)O)c1N. The van der Waals surface area contributed by atoms with Crippen LogP contribution in [-0.2, 0) is 6.54 Å². The quantitative estimate of drug-likeness (QED) is 0.826. The maximum atomic E-state index is 11.3. The minimum atomic E-state index is -0.994. The number of nitrogen functional groups attached to an aromatic ring is 1. The molecule has 0 amide bonds. The molecule has 1 aliphatic rings. The largest absolute Gasteiger partial charge is 0.478 e. The van der Waals surface area contributed by atoms with Crippen molar-refractivity contribution >= 4 is 17.3 Å². The van der Waals surface area contributed by atoms with Crippen molar-refractivity contribution in [2.75, 3.05) is 10.6 Å². The van der Waals surface area contributed by atoms with Crippen LogP contribution in [0.3, 0.4) is 0 Å². The Morgan fingerprint density at radius 1 is 1.48 bits per heavy atom. The highest BCUT2D eigenvalue weighted by atomic mass is 16.4. The molecule has 0 unspecified atom stereocenters. The molecule has 1 aromatic heterocycles. The average Bonchev–Trinajstić information content (AvgIpc) is 3.15. The fraction of sp³-hybridized carbons (Fsp3) is 0.312. The molecular formula is C16H18N2O3. The van der Waals surface area contributed by atoms with Crippen LogP contribution in [0.1, 0.15) is 34.5 Å². The molecule has 0 radical (unpaired) electrons. The first-order valence-electron chi connectivity index (χ1n) is 6.98. The van der Waals surface area contributed by atoms with Gasteiger partial charge >= 0.3 is 5.97 Å². The molecule has 1 aromatic carbocycles. The van der Waals surface area contributed by atoms with Crippen molar-refractivity contribution in [3.63, 3.8) is 0 Å². The van der Waals surface area contributed by atoms with Gasteiger partial charge in [0.2, 0.25) is 0 Å². The highest BCUT2D eigenvalue weighted by Gasteiger charge is 2.30. The molecule has 1 saturated carbocycles. The molecule has 3 N–H and O–H groups in total. The molecule has 0 spiro atoms. The van der Waals surface area contributed by atoms with Crippen molar-refractivity contribution in [3.8, 4) is 0 Å². The Labute approximate surface area is 123 Å². The van der Waals surface area contributed by atoms with E-state index in [-0.39, 0.29) is 5.56 Å². The van der Waals surface area contributed by atoms with E-state index in [1.807, 2.05) is 25.1 Å².